The predicted octanol–water partition coefficient (Wildman–Crippen LogP) is 2.08. The van der Waals surface area contributed by atoms with Crippen LogP contribution in [-0.4, -0.2) is 29.8 Å². The van der Waals surface area contributed by atoms with Gasteiger partial charge in [0, 0.05) is 0 Å². The second-order valence-corrected chi connectivity index (χ2v) is 5.24. The smallest absolute Gasteiger partial charge is 0.321 e. The topological polar surface area (TPSA) is 58.6 Å². The molecular weight excluding hydrogens is 230 g/mol. The Labute approximate surface area is 108 Å². The number of hydrogen-bond donors (Lipinski definition) is 2. The molecule has 0 saturated heterocycles. The third-order valence-corrected chi connectivity index (χ3v) is 2.43. The second-order valence-electron chi connectivity index (χ2n) is 5.24. The summed E-state index contributed by atoms with van der Waals surface area (Å²) in [4.78, 5) is 10.9. The molecule has 4 nitrogen and oxygen atoms in total. The summed E-state index contributed by atoms with van der Waals surface area (Å²) in [5.41, 5.74) is 0.744. The maximum absolute atomic E-state index is 10.9. The van der Waals surface area contributed by atoms with Crippen molar-refractivity contribution in [1.29, 1.82) is 0 Å². The van der Waals surface area contributed by atoms with Gasteiger partial charge in [-0.3, -0.25) is 4.79 Å². The maximum Gasteiger partial charge on any atom is 0.321 e. The first kappa shape index (κ1) is 14.5. The minimum absolute atomic E-state index is 0.226. The van der Waals surface area contributed by atoms with Crippen molar-refractivity contribution in [2.45, 2.75) is 38.8 Å². The van der Waals surface area contributed by atoms with Gasteiger partial charge in [-0.2, -0.15) is 0 Å². The van der Waals surface area contributed by atoms with Crippen LogP contribution in [-0.2, 0) is 11.2 Å². The van der Waals surface area contributed by atoms with Crippen LogP contribution in [0.5, 0.6) is 5.75 Å². The Morgan fingerprint density at radius 1 is 1.33 bits per heavy atom. The number of likely N-dealkylation sites (N-methyl/N-ethyl adjacent to an activating group) is 1. The van der Waals surface area contributed by atoms with Crippen LogP contribution in [0.1, 0.15) is 26.3 Å². The predicted molar refractivity (Wildman–Crippen MR) is 71.0 cm³/mol. The van der Waals surface area contributed by atoms with Gasteiger partial charge >= 0.3 is 5.97 Å². The fourth-order valence-electron chi connectivity index (χ4n) is 1.60. The van der Waals surface area contributed by atoms with Gasteiger partial charge in [0.05, 0.1) is 0 Å². The zero-order chi connectivity index (χ0) is 13.8. The van der Waals surface area contributed by atoms with Gasteiger partial charge in [0.15, 0.2) is 0 Å². The zero-order valence-corrected chi connectivity index (χ0v) is 11.4. The second kappa shape index (κ2) is 5.87. The van der Waals surface area contributed by atoms with Crippen LogP contribution in [0.4, 0.5) is 0 Å². The van der Waals surface area contributed by atoms with Crippen molar-refractivity contribution in [2.75, 3.05) is 7.05 Å². The van der Waals surface area contributed by atoms with E-state index in [4.69, 9.17) is 9.84 Å². The minimum Gasteiger partial charge on any atom is -0.488 e. The van der Waals surface area contributed by atoms with Gasteiger partial charge in [0.2, 0.25) is 0 Å². The molecule has 0 amide bonds. The van der Waals surface area contributed by atoms with Crippen molar-refractivity contribution in [1.82, 2.24) is 5.32 Å². The van der Waals surface area contributed by atoms with E-state index in [2.05, 4.69) is 5.32 Å². The lowest BCUT2D eigenvalue weighted by molar-refractivity contribution is -0.139. The summed E-state index contributed by atoms with van der Waals surface area (Å²) in [6, 6.07) is 6.98. The normalized spacial score (nSPS) is 13.1. The first-order chi connectivity index (χ1) is 8.31. The van der Waals surface area contributed by atoms with Crippen LogP contribution in [0.25, 0.3) is 0 Å². The summed E-state index contributed by atoms with van der Waals surface area (Å²) < 4.78 is 5.70. The average Bonchev–Trinajstić information content (AvgIpc) is 2.25. The van der Waals surface area contributed by atoms with Gasteiger partial charge in [-0.15, -0.1) is 0 Å². The van der Waals surface area contributed by atoms with E-state index in [1.807, 2.05) is 45.0 Å². The molecule has 0 bridgehead atoms. The molecule has 0 spiro atoms. The first-order valence-corrected chi connectivity index (χ1v) is 6.00. The molecule has 1 rings (SSSR count). The maximum atomic E-state index is 10.9. The molecule has 100 valence electrons. The quantitative estimate of drug-likeness (QED) is 0.841. The molecule has 0 aliphatic heterocycles. The number of hydrogen-bond acceptors (Lipinski definition) is 3. The largest absolute Gasteiger partial charge is 0.488 e. The molecule has 0 aliphatic rings. The molecule has 1 atom stereocenters. The van der Waals surface area contributed by atoms with Crippen molar-refractivity contribution in [3.8, 4) is 5.75 Å². The summed E-state index contributed by atoms with van der Waals surface area (Å²) in [5, 5.41) is 11.7. The molecule has 0 radical (unpaired) electrons. The van der Waals surface area contributed by atoms with E-state index in [0.717, 1.165) is 11.3 Å². The van der Waals surface area contributed by atoms with E-state index in [0.29, 0.717) is 6.42 Å². The van der Waals surface area contributed by atoms with Crippen LogP contribution >= 0.6 is 0 Å². The number of aliphatic carboxylic acids is 1. The molecule has 2 N–H and O–H groups in total. The van der Waals surface area contributed by atoms with Crippen molar-refractivity contribution < 1.29 is 14.6 Å². The summed E-state index contributed by atoms with van der Waals surface area (Å²) in [5.74, 6) is -0.0462. The highest BCUT2D eigenvalue weighted by molar-refractivity contribution is 5.73. The Morgan fingerprint density at radius 3 is 2.28 bits per heavy atom. The van der Waals surface area contributed by atoms with Crippen molar-refractivity contribution >= 4 is 5.97 Å². The average molecular weight is 251 g/mol. The van der Waals surface area contributed by atoms with E-state index in [-0.39, 0.29) is 5.60 Å². The van der Waals surface area contributed by atoms with E-state index in [1.54, 1.807) is 7.05 Å². The fourth-order valence-corrected chi connectivity index (χ4v) is 1.60. The lowest BCUT2D eigenvalue weighted by atomic mass is 10.1. The first-order valence-electron chi connectivity index (χ1n) is 6.00. The van der Waals surface area contributed by atoms with E-state index >= 15 is 0 Å². The van der Waals surface area contributed by atoms with Crippen LogP contribution in [0.3, 0.4) is 0 Å². The summed E-state index contributed by atoms with van der Waals surface area (Å²) >= 11 is 0. The van der Waals surface area contributed by atoms with Crippen molar-refractivity contribution in [3.05, 3.63) is 29.8 Å². The molecule has 4 heteroatoms. The molecule has 0 fully saturated rings. The number of carbonyl (C=O) groups is 1. The summed E-state index contributed by atoms with van der Waals surface area (Å²) in [6.45, 7) is 5.97. The third kappa shape index (κ3) is 4.75. The van der Waals surface area contributed by atoms with Crippen LogP contribution in [0.15, 0.2) is 24.3 Å². The highest BCUT2D eigenvalue weighted by Crippen LogP contribution is 2.19. The molecule has 18 heavy (non-hydrogen) atoms. The van der Waals surface area contributed by atoms with Gasteiger partial charge in [0.1, 0.15) is 17.4 Å². The molecule has 0 aliphatic carbocycles. The minimum atomic E-state index is -0.840. The monoisotopic (exact) mass is 251 g/mol. The van der Waals surface area contributed by atoms with Crippen LogP contribution in [0, 0.1) is 0 Å². The van der Waals surface area contributed by atoms with Crippen molar-refractivity contribution in [3.63, 3.8) is 0 Å². The molecule has 1 aromatic carbocycles. The SMILES string of the molecule is CN[C@H](Cc1ccc(OC(C)(C)C)cc1)C(=O)O. The van der Waals surface area contributed by atoms with Gasteiger partial charge in [0.25, 0.3) is 0 Å². The van der Waals surface area contributed by atoms with Crippen LogP contribution < -0.4 is 10.1 Å². The highest BCUT2D eigenvalue weighted by atomic mass is 16.5. The zero-order valence-electron chi connectivity index (χ0n) is 11.4. The number of carboxylic acid groups (broad SMARTS) is 1. The van der Waals surface area contributed by atoms with Crippen molar-refractivity contribution in [2.24, 2.45) is 0 Å². The van der Waals surface area contributed by atoms with E-state index in [9.17, 15) is 4.79 Å². The Hall–Kier alpha value is -1.55. The highest BCUT2D eigenvalue weighted by Gasteiger charge is 2.16. The molecule has 0 heterocycles. The Bertz CT molecular complexity index is 392. The molecule has 0 aromatic heterocycles. The lowest BCUT2D eigenvalue weighted by Crippen LogP contribution is -2.35. The summed E-state index contributed by atoms with van der Waals surface area (Å²) in [6.07, 6.45) is 0.460. The van der Waals surface area contributed by atoms with E-state index in [1.165, 1.54) is 0 Å². The Balaban J connectivity index is 2.68. The molecular formula is C14H21NO3. The van der Waals surface area contributed by atoms with Gasteiger partial charge in [-0.25, -0.2) is 0 Å². The number of benzene rings is 1. The third-order valence-electron chi connectivity index (χ3n) is 2.43. The Morgan fingerprint density at radius 2 is 1.89 bits per heavy atom. The number of nitrogens with one attached hydrogen (secondary N) is 1. The number of carboxylic acids is 1. The van der Waals surface area contributed by atoms with Crippen LogP contribution in [0.2, 0.25) is 0 Å². The Kier molecular flexibility index (Phi) is 4.73. The summed E-state index contributed by atoms with van der Waals surface area (Å²) in [7, 11) is 1.65. The number of rotatable bonds is 5. The number of ether oxygens (including phenoxy) is 1. The van der Waals surface area contributed by atoms with Gasteiger partial charge in [-0.1, -0.05) is 12.1 Å². The lowest BCUT2D eigenvalue weighted by Gasteiger charge is -2.21. The van der Waals surface area contributed by atoms with E-state index < -0.39 is 12.0 Å². The fraction of sp³-hybridized carbons (Fsp3) is 0.500. The molecule has 0 saturated carbocycles. The van der Waals surface area contributed by atoms with Gasteiger partial charge in [-0.05, 0) is 51.9 Å². The standard InChI is InChI=1S/C14H21NO3/c1-14(2,3)18-11-7-5-10(6-8-11)9-12(15-4)13(16)17/h5-8,12,15H,9H2,1-4H3,(H,16,17)/t12-/m1/s1. The van der Waals surface area contributed by atoms with Gasteiger partial charge < -0.3 is 15.2 Å². The molecule has 0 unspecified atom stereocenters. The molecule has 1 aromatic rings.